The summed E-state index contributed by atoms with van der Waals surface area (Å²) in [7, 11) is 1.94. The number of aliphatic hydroxyl groups excluding tert-OH is 1. The molecule has 2 aromatic rings. The van der Waals surface area contributed by atoms with Gasteiger partial charge in [-0.25, -0.2) is 4.98 Å². The summed E-state index contributed by atoms with van der Waals surface area (Å²) in [6.45, 7) is 10.3. The molecule has 47 heavy (non-hydrogen) atoms. The van der Waals surface area contributed by atoms with E-state index >= 15 is 0 Å². The second-order valence-corrected chi connectivity index (χ2v) is 14.3. The number of hydrogen-bond donors (Lipinski definition) is 5. The molecule has 5 N–H and O–H groups in total. The van der Waals surface area contributed by atoms with Crippen molar-refractivity contribution in [3.05, 3.63) is 52.0 Å². The molecule has 0 spiro atoms. The molecule has 1 aromatic carbocycles. The van der Waals surface area contributed by atoms with Crippen molar-refractivity contribution in [3.63, 3.8) is 0 Å². The predicted octanol–water partition coefficient (Wildman–Crippen LogP) is 4.17. The number of likely N-dealkylation sites (tertiary alicyclic amines) is 1. The number of piperidine rings is 1. The Balaban J connectivity index is 1.66. The SMILES string of the molecule is CCC(C)[C@H](NC(=O)[C@H]1CCCCN1C)C(=O)N[C@H](C[C@H](O)c1nc(C(=O)N[C@@H](Cc2ccccc2)C[C@H](C)C(=O)O)cs1)C(C)C. The van der Waals surface area contributed by atoms with Crippen molar-refractivity contribution in [1.82, 2.24) is 25.8 Å². The zero-order valence-electron chi connectivity index (χ0n) is 28.6. The maximum Gasteiger partial charge on any atom is 0.306 e. The van der Waals surface area contributed by atoms with Crippen molar-refractivity contribution in [3.8, 4) is 0 Å². The minimum Gasteiger partial charge on any atom is -0.481 e. The molecular weight excluding hydrogens is 618 g/mol. The molecule has 0 aliphatic carbocycles. The third-order valence-corrected chi connectivity index (χ3v) is 10.2. The Morgan fingerprint density at radius 2 is 1.72 bits per heavy atom. The van der Waals surface area contributed by atoms with E-state index in [1.165, 1.54) is 0 Å². The average Bonchev–Trinajstić information content (AvgIpc) is 3.54. The number of hydrogen-bond acceptors (Lipinski definition) is 8. The summed E-state index contributed by atoms with van der Waals surface area (Å²) in [5.41, 5.74) is 1.12. The van der Waals surface area contributed by atoms with Crippen LogP contribution in [0.5, 0.6) is 0 Å². The van der Waals surface area contributed by atoms with Crippen molar-refractivity contribution < 1.29 is 29.4 Å². The first-order chi connectivity index (χ1) is 22.3. The average molecular weight is 672 g/mol. The molecule has 1 saturated heterocycles. The van der Waals surface area contributed by atoms with Gasteiger partial charge in [-0.1, -0.05) is 77.8 Å². The van der Waals surface area contributed by atoms with Crippen LogP contribution < -0.4 is 16.0 Å². The number of carboxylic acids is 1. The highest BCUT2D eigenvalue weighted by molar-refractivity contribution is 7.09. The lowest BCUT2D eigenvalue weighted by Crippen LogP contribution is -2.57. The van der Waals surface area contributed by atoms with Gasteiger partial charge < -0.3 is 26.2 Å². The number of carboxylic acid groups (broad SMARTS) is 1. The number of aromatic nitrogens is 1. The summed E-state index contributed by atoms with van der Waals surface area (Å²) >= 11 is 1.16. The van der Waals surface area contributed by atoms with Crippen molar-refractivity contribution in [1.29, 1.82) is 0 Å². The molecule has 3 amide bonds. The summed E-state index contributed by atoms with van der Waals surface area (Å²) in [5.74, 6) is -2.55. The number of rotatable bonds is 17. The maximum atomic E-state index is 13.6. The molecule has 0 radical (unpaired) electrons. The fourth-order valence-corrected chi connectivity index (χ4v) is 6.69. The number of carbonyl (C=O) groups excluding carboxylic acids is 3. The third-order valence-electron chi connectivity index (χ3n) is 9.24. The van der Waals surface area contributed by atoms with Crippen molar-refractivity contribution in [2.75, 3.05) is 13.6 Å². The van der Waals surface area contributed by atoms with Crippen LogP contribution in [0.4, 0.5) is 0 Å². The molecule has 1 aliphatic heterocycles. The normalized spacial score (nSPS) is 19.2. The van der Waals surface area contributed by atoms with E-state index in [9.17, 15) is 29.4 Å². The zero-order valence-corrected chi connectivity index (χ0v) is 29.4. The summed E-state index contributed by atoms with van der Waals surface area (Å²) in [5, 5.41) is 31.6. The number of nitrogens with one attached hydrogen (secondary N) is 3. The van der Waals surface area contributed by atoms with Gasteiger partial charge >= 0.3 is 5.97 Å². The smallest absolute Gasteiger partial charge is 0.306 e. The monoisotopic (exact) mass is 671 g/mol. The first-order valence-electron chi connectivity index (χ1n) is 16.8. The molecule has 1 aromatic heterocycles. The van der Waals surface area contributed by atoms with Gasteiger partial charge in [0.05, 0.1) is 12.0 Å². The Labute approximate surface area is 282 Å². The van der Waals surface area contributed by atoms with Crippen molar-refractivity contribution in [2.24, 2.45) is 17.8 Å². The van der Waals surface area contributed by atoms with E-state index in [1.54, 1.807) is 12.3 Å². The van der Waals surface area contributed by atoms with E-state index in [2.05, 4.69) is 20.9 Å². The number of nitrogens with zero attached hydrogens (tertiary/aromatic N) is 2. The van der Waals surface area contributed by atoms with Crippen LogP contribution in [0.15, 0.2) is 35.7 Å². The van der Waals surface area contributed by atoms with Crippen LogP contribution in [0.3, 0.4) is 0 Å². The van der Waals surface area contributed by atoms with Gasteiger partial charge in [-0.05, 0) is 56.7 Å². The molecule has 1 fully saturated rings. The largest absolute Gasteiger partial charge is 0.481 e. The number of carbonyl (C=O) groups is 4. The van der Waals surface area contributed by atoms with Crippen molar-refractivity contribution in [2.45, 2.75) is 110 Å². The quantitative estimate of drug-likeness (QED) is 0.168. The van der Waals surface area contributed by atoms with E-state index in [1.807, 2.05) is 70.0 Å². The number of benzene rings is 1. The standard InChI is InChI=1S/C35H53N5O6S/c1-7-22(4)30(39-32(43)28-15-11-12-16-40(28)6)33(44)37-26(21(2)3)19-29(41)34-38-27(20-47-34)31(42)36-25(17-23(5)35(45)46)18-24-13-9-8-10-14-24/h8-10,13-14,20-23,25-26,28-30,41H,7,11-12,15-19H2,1-6H3,(H,36,42)(H,37,44)(H,39,43)(H,45,46)/t22?,23-,25+,26+,28+,29-,30-/m0/s1. The highest BCUT2D eigenvalue weighted by Crippen LogP contribution is 2.26. The molecule has 1 unspecified atom stereocenters. The number of likely N-dealkylation sites (N-methyl/N-ethyl adjacent to an activating group) is 1. The molecular formula is C35H53N5O6S. The van der Waals surface area contributed by atoms with Gasteiger partial charge in [-0.15, -0.1) is 11.3 Å². The summed E-state index contributed by atoms with van der Waals surface area (Å²) in [6, 6.07) is 7.75. The van der Waals surface area contributed by atoms with E-state index in [0.29, 0.717) is 17.8 Å². The minimum atomic E-state index is -1.03. The van der Waals surface area contributed by atoms with Gasteiger partial charge in [0.2, 0.25) is 11.8 Å². The number of aliphatic hydroxyl groups is 1. The first kappa shape index (κ1) is 38.1. The summed E-state index contributed by atoms with van der Waals surface area (Å²) < 4.78 is 0. The van der Waals surface area contributed by atoms with Gasteiger partial charge in [0.1, 0.15) is 22.8 Å². The van der Waals surface area contributed by atoms with Crippen LogP contribution in [0.25, 0.3) is 0 Å². The maximum absolute atomic E-state index is 13.6. The molecule has 2 heterocycles. The molecule has 1 aliphatic rings. The van der Waals surface area contributed by atoms with Crippen LogP contribution in [0.2, 0.25) is 0 Å². The minimum absolute atomic E-state index is 0.0240. The molecule has 3 rings (SSSR count). The zero-order chi connectivity index (χ0) is 34.7. The second kappa shape index (κ2) is 18.3. The van der Waals surface area contributed by atoms with Crippen LogP contribution >= 0.6 is 11.3 Å². The molecule has 12 heteroatoms. The lowest BCUT2D eigenvalue weighted by atomic mass is 9.94. The molecule has 11 nitrogen and oxygen atoms in total. The Kier molecular flexibility index (Phi) is 14.8. The number of thiazole rings is 1. The van der Waals surface area contributed by atoms with Gasteiger partial charge in [-0.3, -0.25) is 24.1 Å². The number of aliphatic carboxylic acids is 1. The van der Waals surface area contributed by atoms with Crippen LogP contribution in [-0.2, 0) is 20.8 Å². The summed E-state index contributed by atoms with van der Waals surface area (Å²) in [4.78, 5) is 58.0. The van der Waals surface area contributed by atoms with E-state index < -0.39 is 42.0 Å². The van der Waals surface area contributed by atoms with Gasteiger partial charge in [0.15, 0.2) is 0 Å². The van der Waals surface area contributed by atoms with Crippen LogP contribution in [-0.4, -0.2) is 81.5 Å². The Hall–Kier alpha value is -3.35. The lowest BCUT2D eigenvalue weighted by Gasteiger charge is -2.34. The summed E-state index contributed by atoms with van der Waals surface area (Å²) in [6.07, 6.45) is 3.37. The topological polar surface area (TPSA) is 161 Å². The van der Waals surface area contributed by atoms with Gasteiger partial charge in [0.25, 0.3) is 5.91 Å². The third kappa shape index (κ3) is 11.4. The molecule has 260 valence electrons. The van der Waals surface area contributed by atoms with E-state index in [0.717, 1.165) is 42.7 Å². The van der Waals surface area contributed by atoms with E-state index in [4.69, 9.17) is 0 Å². The molecule has 0 bridgehead atoms. The molecule has 0 saturated carbocycles. The fourth-order valence-electron chi connectivity index (χ4n) is 5.89. The second-order valence-electron chi connectivity index (χ2n) is 13.4. The fraction of sp³-hybridized carbons (Fsp3) is 0.629. The highest BCUT2D eigenvalue weighted by atomic mass is 32.1. The Bertz CT molecular complexity index is 1320. The van der Waals surface area contributed by atoms with Crippen LogP contribution in [0, 0.1) is 17.8 Å². The number of amides is 3. The highest BCUT2D eigenvalue weighted by Gasteiger charge is 2.34. The van der Waals surface area contributed by atoms with Gasteiger partial charge in [0, 0.05) is 23.9 Å². The van der Waals surface area contributed by atoms with Crippen molar-refractivity contribution >= 4 is 35.0 Å². The first-order valence-corrected chi connectivity index (χ1v) is 17.7. The van der Waals surface area contributed by atoms with Crippen LogP contribution in [0.1, 0.15) is 100 Å². The Morgan fingerprint density at radius 3 is 2.34 bits per heavy atom. The predicted molar refractivity (Wildman–Crippen MR) is 183 cm³/mol. The lowest BCUT2D eigenvalue weighted by molar-refractivity contribution is -0.141. The van der Waals surface area contributed by atoms with Gasteiger partial charge in [-0.2, -0.15) is 0 Å². The Morgan fingerprint density at radius 1 is 1.02 bits per heavy atom. The molecule has 7 atom stereocenters. The van der Waals surface area contributed by atoms with E-state index in [-0.39, 0.29) is 48.2 Å².